The van der Waals surface area contributed by atoms with Crippen molar-refractivity contribution in [1.29, 1.82) is 0 Å². The van der Waals surface area contributed by atoms with Crippen LogP contribution in [0.25, 0.3) is 0 Å². The minimum atomic E-state index is -0.230. The largest absolute Gasteiger partial charge is 0.381 e. The molecule has 0 bridgehead atoms. The zero-order chi connectivity index (χ0) is 16.7. The molecule has 136 valence electrons. The minimum absolute atomic E-state index is 0. The summed E-state index contributed by atoms with van der Waals surface area (Å²) in [7, 11) is 1.58. The average Bonchev–Trinajstić information content (AvgIpc) is 2.58. The van der Waals surface area contributed by atoms with Gasteiger partial charge in [-0.1, -0.05) is 28.1 Å². The predicted molar refractivity (Wildman–Crippen MR) is 101 cm³/mol. The molecule has 1 aromatic rings. The van der Waals surface area contributed by atoms with Crippen molar-refractivity contribution in [2.24, 2.45) is 5.73 Å². The fourth-order valence-electron chi connectivity index (χ4n) is 2.96. The smallest absolute Gasteiger partial charge is 0.222 e. The fourth-order valence-corrected chi connectivity index (χ4v) is 3.36. The van der Waals surface area contributed by atoms with Crippen LogP contribution in [0.15, 0.2) is 28.7 Å². The molecule has 0 aliphatic carbocycles. The van der Waals surface area contributed by atoms with E-state index in [-0.39, 0.29) is 36.3 Å². The molecule has 1 aliphatic heterocycles. The normalized spacial score (nSPS) is 17.6. The Kier molecular flexibility index (Phi) is 9.23. The summed E-state index contributed by atoms with van der Waals surface area (Å²) in [5.74, 6) is -0.0248. The molecule has 1 aliphatic rings. The number of carbonyl (C=O) groups is 1. The lowest BCUT2D eigenvalue weighted by Gasteiger charge is -2.38. The van der Waals surface area contributed by atoms with Crippen molar-refractivity contribution in [3.8, 4) is 0 Å². The number of ether oxygens (including phenoxy) is 2. The molecule has 1 unspecified atom stereocenters. The summed E-state index contributed by atoms with van der Waals surface area (Å²) >= 11 is 3.54. The van der Waals surface area contributed by atoms with Crippen molar-refractivity contribution in [2.75, 3.05) is 33.4 Å². The van der Waals surface area contributed by atoms with E-state index in [4.69, 9.17) is 15.2 Å². The van der Waals surface area contributed by atoms with E-state index in [9.17, 15) is 4.79 Å². The number of rotatable bonds is 7. The van der Waals surface area contributed by atoms with Crippen LogP contribution in [0.4, 0.5) is 0 Å². The summed E-state index contributed by atoms with van der Waals surface area (Å²) in [6, 6.07) is 8.31. The Bertz CT molecular complexity index is 520. The van der Waals surface area contributed by atoms with E-state index in [1.54, 1.807) is 7.11 Å². The Balaban J connectivity index is 0.00000288. The first-order valence-electron chi connectivity index (χ1n) is 7.93. The molecule has 2 rings (SSSR count). The van der Waals surface area contributed by atoms with Gasteiger partial charge in [0.25, 0.3) is 0 Å². The van der Waals surface area contributed by atoms with Gasteiger partial charge in [-0.15, -0.1) is 12.4 Å². The van der Waals surface area contributed by atoms with E-state index < -0.39 is 0 Å². The van der Waals surface area contributed by atoms with Crippen LogP contribution in [0.2, 0.25) is 0 Å². The molecule has 1 fully saturated rings. The number of nitrogens with one attached hydrogen (secondary N) is 1. The van der Waals surface area contributed by atoms with Crippen LogP contribution >= 0.6 is 28.3 Å². The second kappa shape index (κ2) is 10.4. The SMILES string of the molecule is COC(CN)CC(=O)NCC1(c2cccc(Br)c2)CCOCC1.Cl. The Labute approximate surface area is 158 Å². The molecule has 5 nitrogen and oxygen atoms in total. The monoisotopic (exact) mass is 420 g/mol. The molecule has 0 spiro atoms. The van der Waals surface area contributed by atoms with Crippen LogP contribution < -0.4 is 11.1 Å². The predicted octanol–water partition coefficient (Wildman–Crippen LogP) is 2.40. The molecule has 1 aromatic carbocycles. The van der Waals surface area contributed by atoms with E-state index in [0.717, 1.165) is 17.3 Å². The van der Waals surface area contributed by atoms with Gasteiger partial charge in [-0.3, -0.25) is 4.79 Å². The summed E-state index contributed by atoms with van der Waals surface area (Å²) in [6.07, 6.45) is 1.85. The van der Waals surface area contributed by atoms with E-state index in [1.807, 2.05) is 12.1 Å². The zero-order valence-corrected chi connectivity index (χ0v) is 16.3. The molecule has 0 radical (unpaired) electrons. The number of nitrogens with two attached hydrogens (primary N) is 1. The molecule has 3 N–H and O–H groups in total. The van der Waals surface area contributed by atoms with Gasteiger partial charge in [-0.05, 0) is 30.5 Å². The van der Waals surface area contributed by atoms with Gasteiger partial charge in [0.15, 0.2) is 0 Å². The highest BCUT2D eigenvalue weighted by Crippen LogP contribution is 2.35. The number of hydrogen-bond acceptors (Lipinski definition) is 4. The first-order valence-corrected chi connectivity index (χ1v) is 8.72. The van der Waals surface area contributed by atoms with Gasteiger partial charge < -0.3 is 20.5 Å². The molecule has 1 atom stereocenters. The maximum absolute atomic E-state index is 12.2. The Morgan fingerprint density at radius 2 is 2.17 bits per heavy atom. The zero-order valence-electron chi connectivity index (χ0n) is 13.9. The Hall–Kier alpha value is -0.660. The van der Waals surface area contributed by atoms with Gasteiger partial charge in [0, 0.05) is 43.3 Å². The summed E-state index contributed by atoms with van der Waals surface area (Å²) in [5, 5.41) is 3.06. The molecule has 1 saturated heterocycles. The highest BCUT2D eigenvalue weighted by atomic mass is 79.9. The van der Waals surface area contributed by atoms with Crippen LogP contribution in [-0.2, 0) is 19.7 Å². The Morgan fingerprint density at radius 3 is 2.75 bits per heavy atom. The fraction of sp³-hybridized carbons (Fsp3) is 0.588. The molecule has 1 amide bonds. The maximum atomic E-state index is 12.2. The van der Waals surface area contributed by atoms with Gasteiger partial charge in [0.1, 0.15) is 0 Å². The van der Waals surface area contributed by atoms with Crippen LogP contribution in [-0.4, -0.2) is 45.4 Å². The van der Waals surface area contributed by atoms with E-state index >= 15 is 0 Å². The number of benzene rings is 1. The highest BCUT2D eigenvalue weighted by molar-refractivity contribution is 9.10. The van der Waals surface area contributed by atoms with E-state index in [2.05, 4.69) is 33.4 Å². The van der Waals surface area contributed by atoms with Crippen LogP contribution in [0.5, 0.6) is 0 Å². The molecule has 1 heterocycles. The van der Waals surface area contributed by atoms with E-state index in [1.165, 1.54) is 5.56 Å². The quantitative estimate of drug-likeness (QED) is 0.709. The van der Waals surface area contributed by atoms with E-state index in [0.29, 0.717) is 26.3 Å². The molecule has 0 saturated carbocycles. The number of hydrogen-bond donors (Lipinski definition) is 2. The summed E-state index contributed by atoms with van der Waals surface area (Å²) in [5.41, 5.74) is 6.73. The maximum Gasteiger partial charge on any atom is 0.222 e. The van der Waals surface area contributed by atoms with Crippen molar-refractivity contribution in [1.82, 2.24) is 5.32 Å². The number of halogens is 2. The minimum Gasteiger partial charge on any atom is -0.381 e. The lowest BCUT2D eigenvalue weighted by atomic mass is 9.74. The van der Waals surface area contributed by atoms with Crippen molar-refractivity contribution in [2.45, 2.75) is 30.8 Å². The summed E-state index contributed by atoms with van der Waals surface area (Å²) in [6.45, 7) is 2.37. The van der Waals surface area contributed by atoms with Crippen molar-refractivity contribution in [3.05, 3.63) is 34.3 Å². The molecular weight excluding hydrogens is 396 g/mol. The molecule has 24 heavy (non-hydrogen) atoms. The summed E-state index contributed by atoms with van der Waals surface area (Å²) < 4.78 is 11.7. The standard InChI is InChI=1S/C17H25BrN2O3.ClH/c1-22-15(11-19)10-16(21)20-12-17(5-7-23-8-6-17)13-3-2-4-14(18)9-13;/h2-4,9,15H,5-8,10-12,19H2,1H3,(H,20,21);1H. The second-order valence-electron chi connectivity index (χ2n) is 5.98. The summed E-state index contributed by atoms with van der Waals surface area (Å²) in [4.78, 5) is 12.2. The average molecular weight is 422 g/mol. The van der Waals surface area contributed by atoms with Gasteiger partial charge in [0.05, 0.1) is 12.5 Å². The van der Waals surface area contributed by atoms with Gasteiger partial charge in [0.2, 0.25) is 5.91 Å². The first kappa shape index (κ1) is 21.4. The van der Waals surface area contributed by atoms with Crippen LogP contribution in [0.3, 0.4) is 0 Å². The molecule has 0 aromatic heterocycles. The topological polar surface area (TPSA) is 73.6 Å². The number of amides is 1. The lowest BCUT2D eigenvalue weighted by molar-refractivity contribution is -0.123. The van der Waals surface area contributed by atoms with Crippen molar-refractivity contribution < 1.29 is 14.3 Å². The van der Waals surface area contributed by atoms with Crippen LogP contribution in [0.1, 0.15) is 24.8 Å². The molecule has 7 heteroatoms. The highest BCUT2D eigenvalue weighted by Gasteiger charge is 2.35. The lowest BCUT2D eigenvalue weighted by Crippen LogP contribution is -2.45. The third-order valence-corrected chi connectivity index (χ3v) is 5.01. The van der Waals surface area contributed by atoms with Gasteiger partial charge in [-0.2, -0.15) is 0 Å². The van der Waals surface area contributed by atoms with Gasteiger partial charge in [-0.25, -0.2) is 0 Å². The first-order chi connectivity index (χ1) is 11.1. The Morgan fingerprint density at radius 1 is 1.46 bits per heavy atom. The number of methoxy groups -OCH3 is 1. The third kappa shape index (κ3) is 5.70. The van der Waals surface area contributed by atoms with Crippen LogP contribution in [0, 0.1) is 0 Å². The molecular formula is C17H26BrClN2O3. The van der Waals surface area contributed by atoms with Crippen molar-refractivity contribution >= 4 is 34.2 Å². The third-order valence-electron chi connectivity index (χ3n) is 4.52. The van der Waals surface area contributed by atoms with Gasteiger partial charge >= 0.3 is 0 Å². The number of carbonyl (C=O) groups excluding carboxylic acids is 1. The van der Waals surface area contributed by atoms with Crippen molar-refractivity contribution in [3.63, 3.8) is 0 Å². The second-order valence-corrected chi connectivity index (χ2v) is 6.89.